The van der Waals surface area contributed by atoms with Crippen molar-refractivity contribution in [3.05, 3.63) is 72.3 Å². The molecule has 0 aliphatic rings. The van der Waals surface area contributed by atoms with Crippen LogP contribution in [0.25, 0.3) is 10.8 Å². The van der Waals surface area contributed by atoms with Crippen LogP contribution in [0.2, 0.25) is 0 Å². The summed E-state index contributed by atoms with van der Waals surface area (Å²) in [7, 11) is 0. The van der Waals surface area contributed by atoms with Crippen LogP contribution in [0.4, 0.5) is 5.69 Å². The smallest absolute Gasteiger partial charge is 0.0370 e. The monoisotopic (exact) mass is 293 g/mol. The molecule has 1 N–H and O–H groups in total. The Labute approximate surface area is 130 Å². The van der Waals surface area contributed by atoms with E-state index in [9.17, 15) is 0 Å². The number of rotatable bonds is 5. The lowest BCUT2D eigenvalue weighted by molar-refractivity contribution is 1.21. The Kier molecular flexibility index (Phi) is 4.46. The highest BCUT2D eigenvalue weighted by Crippen LogP contribution is 2.23. The van der Waals surface area contributed by atoms with E-state index in [0.29, 0.717) is 0 Å². The predicted octanol–water partition coefficient (Wildman–Crippen LogP) is 5.35. The summed E-state index contributed by atoms with van der Waals surface area (Å²) in [4.78, 5) is 1.33. The van der Waals surface area contributed by atoms with Crippen molar-refractivity contribution in [1.29, 1.82) is 0 Å². The number of benzene rings is 3. The summed E-state index contributed by atoms with van der Waals surface area (Å²) in [6, 6.07) is 23.6. The quantitative estimate of drug-likeness (QED) is 0.502. The van der Waals surface area contributed by atoms with E-state index in [4.69, 9.17) is 0 Å². The summed E-state index contributed by atoms with van der Waals surface area (Å²) in [6.07, 6.45) is 0. The fourth-order valence-electron chi connectivity index (χ4n) is 2.38. The van der Waals surface area contributed by atoms with Crippen LogP contribution in [-0.4, -0.2) is 12.3 Å². The standard InChI is InChI=1S/C19H19NS/c1-15-6-2-5-9-19(15)20-12-13-21-18-11-10-16-7-3-4-8-17(16)14-18/h2-11,14,20H,12-13H2,1H3. The lowest BCUT2D eigenvalue weighted by Gasteiger charge is -2.09. The lowest BCUT2D eigenvalue weighted by Crippen LogP contribution is -2.04. The average Bonchev–Trinajstić information content (AvgIpc) is 2.53. The number of fused-ring (bicyclic) bond motifs is 1. The van der Waals surface area contributed by atoms with Crippen molar-refractivity contribution in [2.45, 2.75) is 11.8 Å². The van der Waals surface area contributed by atoms with E-state index in [1.165, 1.54) is 26.9 Å². The summed E-state index contributed by atoms with van der Waals surface area (Å²) >= 11 is 1.90. The van der Waals surface area contributed by atoms with Crippen molar-refractivity contribution in [2.24, 2.45) is 0 Å². The van der Waals surface area contributed by atoms with Crippen molar-refractivity contribution in [2.75, 3.05) is 17.6 Å². The maximum absolute atomic E-state index is 3.50. The number of para-hydroxylation sites is 1. The van der Waals surface area contributed by atoms with Crippen LogP contribution in [0, 0.1) is 6.92 Å². The Bertz CT molecular complexity index is 736. The largest absolute Gasteiger partial charge is 0.384 e. The summed E-state index contributed by atoms with van der Waals surface area (Å²) < 4.78 is 0. The van der Waals surface area contributed by atoms with Gasteiger partial charge in [0.25, 0.3) is 0 Å². The van der Waals surface area contributed by atoms with Crippen molar-refractivity contribution in [3.8, 4) is 0 Å². The summed E-state index contributed by atoms with van der Waals surface area (Å²) in [5, 5.41) is 6.12. The maximum Gasteiger partial charge on any atom is 0.0370 e. The number of hydrogen-bond donors (Lipinski definition) is 1. The highest BCUT2D eigenvalue weighted by atomic mass is 32.2. The van der Waals surface area contributed by atoms with Gasteiger partial charge in [0.1, 0.15) is 0 Å². The van der Waals surface area contributed by atoms with E-state index in [0.717, 1.165) is 12.3 Å². The second kappa shape index (κ2) is 6.68. The minimum absolute atomic E-state index is 0.975. The molecular weight excluding hydrogens is 274 g/mol. The van der Waals surface area contributed by atoms with Gasteiger partial charge in [0.05, 0.1) is 0 Å². The van der Waals surface area contributed by atoms with Gasteiger partial charge in [-0.05, 0) is 41.5 Å². The normalized spacial score (nSPS) is 10.7. The minimum Gasteiger partial charge on any atom is -0.384 e. The molecule has 0 fully saturated rings. The van der Waals surface area contributed by atoms with Gasteiger partial charge < -0.3 is 5.32 Å². The van der Waals surface area contributed by atoms with Gasteiger partial charge >= 0.3 is 0 Å². The third kappa shape index (κ3) is 3.59. The number of thioether (sulfide) groups is 1. The van der Waals surface area contributed by atoms with Crippen LogP contribution in [0.1, 0.15) is 5.56 Å². The Morgan fingerprint density at radius 2 is 1.62 bits per heavy atom. The molecule has 0 radical (unpaired) electrons. The first-order chi connectivity index (χ1) is 10.3. The van der Waals surface area contributed by atoms with Crippen molar-refractivity contribution in [1.82, 2.24) is 0 Å². The molecule has 0 aromatic heterocycles. The molecule has 106 valence electrons. The third-order valence-electron chi connectivity index (χ3n) is 3.55. The van der Waals surface area contributed by atoms with Crippen LogP contribution >= 0.6 is 11.8 Å². The Morgan fingerprint density at radius 3 is 2.48 bits per heavy atom. The van der Waals surface area contributed by atoms with E-state index in [1.54, 1.807) is 0 Å². The Hall–Kier alpha value is -1.93. The minimum atomic E-state index is 0.975. The molecule has 3 rings (SSSR count). The third-order valence-corrected chi connectivity index (χ3v) is 4.55. The van der Waals surface area contributed by atoms with E-state index in [1.807, 2.05) is 11.8 Å². The molecule has 2 heteroatoms. The molecule has 0 spiro atoms. The van der Waals surface area contributed by atoms with Crippen molar-refractivity contribution < 1.29 is 0 Å². The van der Waals surface area contributed by atoms with E-state index in [-0.39, 0.29) is 0 Å². The highest BCUT2D eigenvalue weighted by molar-refractivity contribution is 7.99. The van der Waals surface area contributed by atoms with Crippen molar-refractivity contribution in [3.63, 3.8) is 0 Å². The number of aryl methyl sites for hydroxylation is 1. The number of anilines is 1. The lowest BCUT2D eigenvalue weighted by atomic mass is 10.1. The fourth-order valence-corrected chi connectivity index (χ4v) is 3.20. The first-order valence-electron chi connectivity index (χ1n) is 7.24. The zero-order valence-corrected chi connectivity index (χ0v) is 13.0. The summed E-state index contributed by atoms with van der Waals surface area (Å²) in [6.45, 7) is 3.11. The maximum atomic E-state index is 3.50. The van der Waals surface area contributed by atoms with Gasteiger partial charge in [-0.2, -0.15) is 0 Å². The van der Waals surface area contributed by atoms with E-state index >= 15 is 0 Å². The van der Waals surface area contributed by atoms with Crippen LogP contribution in [0.5, 0.6) is 0 Å². The molecule has 0 saturated heterocycles. The predicted molar refractivity (Wildman–Crippen MR) is 94.3 cm³/mol. The van der Waals surface area contributed by atoms with Crippen LogP contribution in [0.3, 0.4) is 0 Å². The Morgan fingerprint density at radius 1 is 0.857 bits per heavy atom. The van der Waals surface area contributed by atoms with Gasteiger partial charge in [0.2, 0.25) is 0 Å². The van der Waals surface area contributed by atoms with E-state index in [2.05, 4.69) is 79.0 Å². The first-order valence-corrected chi connectivity index (χ1v) is 8.22. The molecule has 21 heavy (non-hydrogen) atoms. The van der Waals surface area contributed by atoms with E-state index < -0.39 is 0 Å². The molecule has 0 aliphatic carbocycles. The van der Waals surface area contributed by atoms with Crippen LogP contribution in [-0.2, 0) is 0 Å². The molecule has 0 bridgehead atoms. The summed E-state index contributed by atoms with van der Waals surface area (Å²) in [5.74, 6) is 1.06. The molecule has 0 saturated carbocycles. The van der Waals surface area contributed by atoms with Crippen molar-refractivity contribution >= 4 is 28.2 Å². The fraction of sp³-hybridized carbons (Fsp3) is 0.158. The molecule has 3 aromatic rings. The molecular formula is C19H19NS. The zero-order valence-electron chi connectivity index (χ0n) is 12.2. The highest BCUT2D eigenvalue weighted by Gasteiger charge is 1.98. The average molecular weight is 293 g/mol. The first kappa shape index (κ1) is 14.0. The van der Waals surface area contributed by atoms with Gasteiger partial charge in [-0.25, -0.2) is 0 Å². The molecule has 3 aromatic carbocycles. The topological polar surface area (TPSA) is 12.0 Å². The number of nitrogens with one attached hydrogen (secondary N) is 1. The summed E-state index contributed by atoms with van der Waals surface area (Å²) in [5.41, 5.74) is 2.53. The van der Waals surface area contributed by atoms with Gasteiger partial charge in [-0.3, -0.25) is 0 Å². The van der Waals surface area contributed by atoms with Crippen LogP contribution < -0.4 is 5.32 Å². The molecule has 0 unspecified atom stereocenters. The number of hydrogen-bond acceptors (Lipinski definition) is 2. The zero-order chi connectivity index (χ0) is 14.5. The second-order valence-electron chi connectivity index (χ2n) is 5.10. The molecule has 0 heterocycles. The van der Waals surface area contributed by atoms with Gasteiger partial charge in [0, 0.05) is 22.9 Å². The van der Waals surface area contributed by atoms with Gasteiger partial charge in [-0.15, -0.1) is 11.8 Å². The van der Waals surface area contributed by atoms with Crippen LogP contribution in [0.15, 0.2) is 71.6 Å². The molecule has 0 atom stereocenters. The Balaban J connectivity index is 1.56. The van der Waals surface area contributed by atoms with Gasteiger partial charge in [-0.1, -0.05) is 48.5 Å². The second-order valence-corrected chi connectivity index (χ2v) is 6.27. The molecule has 1 nitrogen and oxygen atoms in total. The molecule has 0 amide bonds. The molecule has 0 aliphatic heterocycles. The SMILES string of the molecule is Cc1ccccc1NCCSc1ccc2ccccc2c1. The van der Waals surface area contributed by atoms with Gasteiger partial charge in [0.15, 0.2) is 0 Å².